The highest BCUT2D eigenvalue weighted by molar-refractivity contribution is 6.36. The lowest BCUT2D eigenvalue weighted by molar-refractivity contribution is -0.141. The van der Waals surface area contributed by atoms with Gasteiger partial charge in [-0.05, 0) is 53.8 Å². The van der Waals surface area contributed by atoms with Gasteiger partial charge >= 0.3 is 0 Å². The van der Waals surface area contributed by atoms with Crippen molar-refractivity contribution in [3.8, 4) is 5.75 Å². The fourth-order valence-corrected chi connectivity index (χ4v) is 5.37. The Labute approximate surface area is 228 Å². The second kappa shape index (κ2) is 13.0. The van der Waals surface area contributed by atoms with Crippen LogP contribution in [0.2, 0.25) is 10.0 Å². The molecular formula is C30H32Cl2N2O3. The molecule has 0 aromatic heterocycles. The summed E-state index contributed by atoms with van der Waals surface area (Å²) >= 11 is 12.8. The van der Waals surface area contributed by atoms with Crippen molar-refractivity contribution in [2.24, 2.45) is 0 Å². The second-order valence-electron chi connectivity index (χ2n) is 9.45. The average Bonchev–Trinajstić information content (AvgIpc) is 3.42. The molecule has 0 aliphatic heterocycles. The van der Waals surface area contributed by atoms with E-state index in [0.29, 0.717) is 27.8 Å². The third kappa shape index (κ3) is 7.27. The molecule has 0 bridgehead atoms. The fourth-order valence-electron chi connectivity index (χ4n) is 4.84. The van der Waals surface area contributed by atoms with Crippen LogP contribution in [0.3, 0.4) is 0 Å². The van der Waals surface area contributed by atoms with Crippen LogP contribution in [0.15, 0.2) is 72.8 Å². The Morgan fingerprint density at radius 3 is 2.27 bits per heavy atom. The minimum absolute atomic E-state index is 0.00945. The van der Waals surface area contributed by atoms with Gasteiger partial charge in [0.1, 0.15) is 11.8 Å². The molecule has 0 spiro atoms. The van der Waals surface area contributed by atoms with E-state index in [4.69, 9.17) is 27.9 Å². The van der Waals surface area contributed by atoms with Crippen LogP contribution in [0.25, 0.3) is 0 Å². The molecule has 3 aromatic rings. The number of nitrogens with one attached hydrogen (secondary N) is 1. The van der Waals surface area contributed by atoms with Gasteiger partial charge in [0.25, 0.3) is 0 Å². The molecule has 0 unspecified atom stereocenters. The molecule has 0 radical (unpaired) electrons. The van der Waals surface area contributed by atoms with Gasteiger partial charge in [-0.2, -0.15) is 0 Å². The van der Waals surface area contributed by atoms with E-state index in [-0.39, 0.29) is 30.8 Å². The zero-order valence-corrected chi connectivity index (χ0v) is 22.5. The molecule has 7 heteroatoms. The summed E-state index contributed by atoms with van der Waals surface area (Å²) in [6.07, 6.45) is 4.51. The number of ether oxygens (including phenoxy) is 1. The van der Waals surface area contributed by atoms with Crippen LogP contribution in [-0.2, 0) is 29.0 Å². The first kappa shape index (κ1) is 27.0. The van der Waals surface area contributed by atoms with Gasteiger partial charge in [0, 0.05) is 29.1 Å². The largest absolute Gasteiger partial charge is 0.497 e. The molecule has 2 amide bonds. The van der Waals surface area contributed by atoms with Gasteiger partial charge in [-0.3, -0.25) is 9.59 Å². The van der Waals surface area contributed by atoms with Crippen molar-refractivity contribution in [2.75, 3.05) is 7.11 Å². The maximum absolute atomic E-state index is 13.9. The predicted molar refractivity (Wildman–Crippen MR) is 148 cm³/mol. The molecule has 5 nitrogen and oxygen atoms in total. The highest BCUT2D eigenvalue weighted by Gasteiger charge is 2.32. The van der Waals surface area contributed by atoms with E-state index in [2.05, 4.69) is 5.32 Å². The third-order valence-electron chi connectivity index (χ3n) is 6.85. The smallest absolute Gasteiger partial charge is 0.243 e. The Morgan fingerprint density at radius 2 is 1.59 bits per heavy atom. The number of benzene rings is 3. The Bertz CT molecular complexity index is 1190. The molecule has 1 N–H and O–H groups in total. The monoisotopic (exact) mass is 538 g/mol. The van der Waals surface area contributed by atoms with Crippen molar-refractivity contribution >= 4 is 35.0 Å². The van der Waals surface area contributed by atoms with E-state index in [1.807, 2.05) is 54.6 Å². The lowest BCUT2D eigenvalue weighted by Gasteiger charge is -2.32. The molecule has 4 rings (SSSR count). The number of hydrogen-bond acceptors (Lipinski definition) is 3. The van der Waals surface area contributed by atoms with Crippen LogP contribution in [-0.4, -0.2) is 35.9 Å². The van der Waals surface area contributed by atoms with Gasteiger partial charge in [0.2, 0.25) is 11.8 Å². The summed E-state index contributed by atoms with van der Waals surface area (Å²) in [6, 6.07) is 22.0. The molecule has 1 atom stereocenters. The quantitative estimate of drug-likeness (QED) is 0.332. The van der Waals surface area contributed by atoms with Gasteiger partial charge in [-0.15, -0.1) is 0 Å². The lowest BCUT2D eigenvalue weighted by Crippen LogP contribution is -2.52. The van der Waals surface area contributed by atoms with Crippen LogP contribution in [0.5, 0.6) is 5.75 Å². The number of amides is 2. The van der Waals surface area contributed by atoms with Gasteiger partial charge in [-0.25, -0.2) is 0 Å². The number of carbonyl (C=O) groups is 2. The first-order valence-electron chi connectivity index (χ1n) is 12.6. The van der Waals surface area contributed by atoms with E-state index in [1.54, 1.807) is 30.2 Å². The predicted octanol–water partition coefficient (Wildman–Crippen LogP) is 6.24. The minimum Gasteiger partial charge on any atom is -0.497 e. The van der Waals surface area contributed by atoms with Crippen LogP contribution < -0.4 is 10.1 Å². The van der Waals surface area contributed by atoms with Gasteiger partial charge in [0.05, 0.1) is 13.5 Å². The van der Waals surface area contributed by atoms with Crippen LogP contribution in [0, 0.1) is 0 Å². The van der Waals surface area contributed by atoms with Crippen molar-refractivity contribution in [1.29, 1.82) is 0 Å². The molecule has 1 saturated carbocycles. The highest BCUT2D eigenvalue weighted by atomic mass is 35.5. The highest BCUT2D eigenvalue weighted by Crippen LogP contribution is 2.27. The first-order chi connectivity index (χ1) is 17.9. The molecule has 0 saturated heterocycles. The van der Waals surface area contributed by atoms with Crippen LogP contribution in [0.1, 0.15) is 42.4 Å². The van der Waals surface area contributed by atoms with Crippen LogP contribution >= 0.6 is 23.2 Å². The van der Waals surface area contributed by atoms with E-state index in [1.165, 1.54) is 0 Å². The SMILES string of the molecule is COc1cccc(CN(C(=O)Cc2c(Cl)cccc2Cl)[C@H](Cc2ccccc2)C(=O)NC2CCCC2)c1. The van der Waals surface area contributed by atoms with Gasteiger partial charge in [0.15, 0.2) is 0 Å². The molecule has 194 valence electrons. The van der Waals surface area contributed by atoms with E-state index in [9.17, 15) is 9.59 Å². The molecule has 1 aliphatic carbocycles. The Hall–Kier alpha value is -3.02. The summed E-state index contributed by atoms with van der Waals surface area (Å²) in [5, 5.41) is 4.08. The van der Waals surface area contributed by atoms with E-state index < -0.39 is 6.04 Å². The Kier molecular flexibility index (Phi) is 9.48. The summed E-state index contributed by atoms with van der Waals surface area (Å²) < 4.78 is 5.40. The number of carbonyl (C=O) groups excluding carboxylic acids is 2. The zero-order valence-electron chi connectivity index (χ0n) is 21.0. The van der Waals surface area contributed by atoms with Crippen molar-refractivity contribution < 1.29 is 14.3 Å². The minimum atomic E-state index is -0.706. The molecule has 1 aliphatic rings. The third-order valence-corrected chi connectivity index (χ3v) is 7.56. The molecule has 0 heterocycles. The fraction of sp³-hybridized carbons (Fsp3) is 0.333. The first-order valence-corrected chi connectivity index (χ1v) is 13.4. The molecule has 37 heavy (non-hydrogen) atoms. The maximum atomic E-state index is 13.9. The lowest BCUT2D eigenvalue weighted by atomic mass is 10.0. The normalized spacial score (nSPS) is 14.2. The average molecular weight is 540 g/mol. The molecule has 3 aromatic carbocycles. The Balaban J connectivity index is 1.70. The molecule has 1 fully saturated rings. The zero-order chi connectivity index (χ0) is 26.2. The summed E-state index contributed by atoms with van der Waals surface area (Å²) in [6.45, 7) is 0.244. The number of methoxy groups -OCH3 is 1. The second-order valence-corrected chi connectivity index (χ2v) is 10.3. The Morgan fingerprint density at radius 1 is 0.946 bits per heavy atom. The number of hydrogen-bond donors (Lipinski definition) is 1. The van der Waals surface area contributed by atoms with Gasteiger partial charge in [-0.1, -0.05) is 84.6 Å². The van der Waals surface area contributed by atoms with Crippen molar-refractivity contribution in [3.05, 3.63) is 99.5 Å². The standard InChI is InChI=1S/C30H32Cl2N2O3/c1-37-24-14-7-11-22(17-24)20-34(29(35)19-25-26(31)15-8-16-27(25)32)28(18-21-9-3-2-4-10-21)30(36)33-23-12-5-6-13-23/h2-4,7-11,14-17,23,28H,5-6,12-13,18-20H2,1H3,(H,33,36)/t28-/m1/s1. The number of halogens is 2. The summed E-state index contributed by atoms with van der Waals surface area (Å²) in [5.41, 5.74) is 2.40. The maximum Gasteiger partial charge on any atom is 0.243 e. The van der Waals surface area contributed by atoms with Crippen molar-refractivity contribution in [1.82, 2.24) is 10.2 Å². The topological polar surface area (TPSA) is 58.6 Å². The van der Waals surface area contributed by atoms with Crippen LogP contribution in [0.4, 0.5) is 0 Å². The van der Waals surface area contributed by atoms with Crippen molar-refractivity contribution in [2.45, 2.75) is 57.2 Å². The summed E-state index contributed by atoms with van der Waals surface area (Å²) in [4.78, 5) is 29.4. The van der Waals surface area contributed by atoms with E-state index in [0.717, 1.165) is 36.8 Å². The van der Waals surface area contributed by atoms with Crippen molar-refractivity contribution in [3.63, 3.8) is 0 Å². The number of nitrogens with zero attached hydrogens (tertiary/aromatic N) is 1. The number of rotatable bonds is 10. The molecular weight excluding hydrogens is 507 g/mol. The summed E-state index contributed by atoms with van der Waals surface area (Å²) in [5.74, 6) is 0.326. The van der Waals surface area contributed by atoms with E-state index >= 15 is 0 Å². The van der Waals surface area contributed by atoms with Gasteiger partial charge < -0.3 is 15.0 Å². The summed E-state index contributed by atoms with van der Waals surface area (Å²) in [7, 11) is 1.61.